The number of amides is 2. The number of nitrogens with one attached hydrogen (secondary N) is 1. The fourth-order valence-corrected chi connectivity index (χ4v) is 5.59. The number of halogens is 3. The van der Waals surface area contributed by atoms with Gasteiger partial charge in [-0.15, -0.1) is 0 Å². The highest BCUT2D eigenvalue weighted by molar-refractivity contribution is 7.92. The summed E-state index contributed by atoms with van der Waals surface area (Å²) in [4.78, 5) is 28.3. The number of benzene rings is 2. The highest BCUT2D eigenvalue weighted by Gasteiger charge is 2.35. The third-order valence-corrected chi connectivity index (χ3v) is 7.80. The van der Waals surface area contributed by atoms with E-state index in [1.807, 2.05) is 25.1 Å². The zero-order valence-corrected chi connectivity index (χ0v) is 22.6. The summed E-state index contributed by atoms with van der Waals surface area (Å²) >= 11 is 0. The SMILES string of the molecule is CC[C@@H](C(=O)NC1CCCC1)N(Cc1cccc(C)c1)C(=O)CN(c1cccc(C(F)(F)F)c1)S(C)(=O)=O. The molecule has 208 valence electrons. The maximum Gasteiger partial charge on any atom is 0.416 e. The number of carbonyl (C=O) groups is 2. The molecule has 1 aliphatic rings. The largest absolute Gasteiger partial charge is 0.416 e. The van der Waals surface area contributed by atoms with Gasteiger partial charge in [0.25, 0.3) is 0 Å². The van der Waals surface area contributed by atoms with Crippen LogP contribution in [-0.4, -0.2) is 50.0 Å². The van der Waals surface area contributed by atoms with Gasteiger partial charge in [-0.1, -0.05) is 55.7 Å². The van der Waals surface area contributed by atoms with Crippen LogP contribution < -0.4 is 9.62 Å². The normalized spacial score (nSPS) is 15.2. The molecule has 7 nitrogen and oxygen atoms in total. The molecule has 0 saturated heterocycles. The standard InChI is InChI=1S/C27H34F3N3O4S/c1-4-24(26(35)31-22-12-5-6-13-22)32(17-20-10-7-9-19(2)15-20)25(34)18-33(38(3,36)37)23-14-8-11-21(16-23)27(28,29)30/h7-11,14-16,22,24H,4-6,12-13,17-18H2,1-3H3,(H,31,35)/t24-/m0/s1. The fraction of sp³-hybridized carbons (Fsp3) is 0.481. The van der Waals surface area contributed by atoms with Crippen LogP contribution in [0.4, 0.5) is 18.9 Å². The lowest BCUT2D eigenvalue weighted by Crippen LogP contribution is -2.53. The monoisotopic (exact) mass is 553 g/mol. The summed E-state index contributed by atoms with van der Waals surface area (Å²) in [6.45, 7) is 2.94. The molecule has 1 atom stereocenters. The van der Waals surface area contributed by atoms with Crippen molar-refractivity contribution in [1.82, 2.24) is 10.2 Å². The Morgan fingerprint density at radius 3 is 2.32 bits per heavy atom. The van der Waals surface area contributed by atoms with E-state index in [0.717, 1.165) is 55.2 Å². The van der Waals surface area contributed by atoms with Crippen LogP contribution in [0.3, 0.4) is 0 Å². The van der Waals surface area contributed by atoms with E-state index in [1.54, 1.807) is 13.0 Å². The Labute approximate surface area is 222 Å². The van der Waals surface area contributed by atoms with Crippen molar-refractivity contribution in [3.8, 4) is 0 Å². The van der Waals surface area contributed by atoms with Crippen molar-refractivity contribution in [1.29, 1.82) is 0 Å². The van der Waals surface area contributed by atoms with Gasteiger partial charge in [-0.3, -0.25) is 13.9 Å². The molecule has 2 aromatic carbocycles. The molecule has 0 heterocycles. The fourth-order valence-electron chi connectivity index (χ4n) is 4.75. The van der Waals surface area contributed by atoms with Gasteiger partial charge in [-0.2, -0.15) is 13.2 Å². The molecule has 11 heteroatoms. The van der Waals surface area contributed by atoms with Crippen LogP contribution >= 0.6 is 0 Å². The van der Waals surface area contributed by atoms with Gasteiger partial charge in [0, 0.05) is 12.6 Å². The van der Waals surface area contributed by atoms with E-state index in [2.05, 4.69) is 5.32 Å². The highest BCUT2D eigenvalue weighted by Crippen LogP contribution is 2.32. The van der Waals surface area contributed by atoms with Crippen molar-refractivity contribution < 1.29 is 31.2 Å². The Bertz CT molecular complexity index is 1240. The van der Waals surface area contributed by atoms with Crippen LogP contribution in [0.15, 0.2) is 48.5 Å². The second kappa shape index (κ2) is 12.2. The van der Waals surface area contributed by atoms with Gasteiger partial charge >= 0.3 is 6.18 Å². The van der Waals surface area contributed by atoms with Crippen LogP contribution in [0.2, 0.25) is 0 Å². The third-order valence-electron chi connectivity index (χ3n) is 6.66. The van der Waals surface area contributed by atoms with Gasteiger partial charge in [0.2, 0.25) is 21.8 Å². The van der Waals surface area contributed by atoms with E-state index in [1.165, 1.54) is 11.0 Å². The first kappa shape index (κ1) is 29.5. The van der Waals surface area contributed by atoms with Crippen molar-refractivity contribution in [3.63, 3.8) is 0 Å². The molecule has 0 unspecified atom stereocenters. The van der Waals surface area contributed by atoms with Crippen molar-refractivity contribution in [2.45, 2.75) is 70.8 Å². The second-order valence-corrected chi connectivity index (χ2v) is 11.6. The summed E-state index contributed by atoms with van der Waals surface area (Å²) in [7, 11) is -4.14. The van der Waals surface area contributed by atoms with Crippen molar-refractivity contribution in [2.75, 3.05) is 17.1 Å². The average Bonchev–Trinajstić information content (AvgIpc) is 3.34. The quantitative estimate of drug-likeness (QED) is 0.464. The minimum absolute atomic E-state index is 0.0186. The van der Waals surface area contributed by atoms with Crippen molar-refractivity contribution >= 4 is 27.5 Å². The number of alkyl halides is 3. The lowest BCUT2D eigenvalue weighted by Gasteiger charge is -2.33. The Hall–Kier alpha value is -3.08. The molecule has 1 N–H and O–H groups in total. The minimum atomic E-state index is -4.69. The lowest BCUT2D eigenvalue weighted by atomic mass is 10.1. The van der Waals surface area contributed by atoms with Crippen LogP contribution in [0.1, 0.15) is 55.7 Å². The van der Waals surface area contributed by atoms with E-state index in [4.69, 9.17) is 0 Å². The predicted octanol–water partition coefficient (Wildman–Crippen LogP) is 4.65. The van der Waals surface area contributed by atoms with Gasteiger partial charge in [-0.05, 0) is 49.9 Å². The molecule has 0 radical (unpaired) electrons. The summed E-state index contributed by atoms with van der Waals surface area (Å²) in [5, 5.41) is 3.01. The molecule has 2 amide bonds. The number of rotatable bonds is 10. The van der Waals surface area contributed by atoms with Crippen molar-refractivity contribution in [2.24, 2.45) is 0 Å². The topological polar surface area (TPSA) is 86.8 Å². The number of sulfonamides is 1. The number of carbonyl (C=O) groups excluding carboxylic acids is 2. The molecule has 0 aromatic heterocycles. The van der Waals surface area contributed by atoms with E-state index in [-0.39, 0.29) is 30.6 Å². The van der Waals surface area contributed by atoms with Gasteiger partial charge in [0.15, 0.2) is 0 Å². The highest BCUT2D eigenvalue weighted by atomic mass is 32.2. The zero-order valence-electron chi connectivity index (χ0n) is 21.8. The number of hydrogen-bond acceptors (Lipinski definition) is 4. The Kier molecular flexibility index (Phi) is 9.45. The van der Waals surface area contributed by atoms with Gasteiger partial charge < -0.3 is 10.2 Å². The first-order valence-electron chi connectivity index (χ1n) is 12.6. The Morgan fingerprint density at radius 1 is 1.08 bits per heavy atom. The molecule has 1 aliphatic carbocycles. The summed E-state index contributed by atoms with van der Waals surface area (Å²) in [6.07, 6.45) is 0.138. The van der Waals surface area contributed by atoms with E-state index in [0.29, 0.717) is 10.4 Å². The Morgan fingerprint density at radius 2 is 1.74 bits per heavy atom. The van der Waals surface area contributed by atoms with Crippen molar-refractivity contribution in [3.05, 3.63) is 65.2 Å². The second-order valence-electron chi connectivity index (χ2n) is 9.74. The molecule has 1 saturated carbocycles. The molecule has 3 rings (SSSR count). The summed E-state index contributed by atoms with van der Waals surface area (Å²) < 4.78 is 65.9. The molecule has 0 aliphatic heterocycles. The van der Waals surface area contributed by atoms with E-state index in [9.17, 15) is 31.2 Å². The summed E-state index contributed by atoms with van der Waals surface area (Å²) in [6, 6.07) is 10.3. The van der Waals surface area contributed by atoms with E-state index >= 15 is 0 Å². The van der Waals surface area contributed by atoms with Crippen LogP contribution in [0.25, 0.3) is 0 Å². The molecular weight excluding hydrogens is 519 g/mol. The molecule has 1 fully saturated rings. The van der Waals surface area contributed by atoms with E-state index < -0.39 is 40.3 Å². The number of nitrogens with zero attached hydrogens (tertiary/aromatic N) is 2. The van der Waals surface area contributed by atoms with Gasteiger partial charge in [0.1, 0.15) is 12.6 Å². The maximum atomic E-state index is 13.7. The molecule has 0 bridgehead atoms. The smallest absolute Gasteiger partial charge is 0.352 e. The summed E-state index contributed by atoms with van der Waals surface area (Å²) in [5.74, 6) is -1.02. The first-order chi connectivity index (χ1) is 17.8. The van der Waals surface area contributed by atoms with Gasteiger partial charge in [0.05, 0.1) is 17.5 Å². The van der Waals surface area contributed by atoms with Gasteiger partial charge in [-0.25, -0.2) is 8.42 Å². The maximum absolute atomic E-state index is 13.7. The van der Waals surface area contributed by atoms with Crippen LogP contribution in [-0.2, 0) is 32.3 Å². The third kappa shape index (κ3) is 7.72. The number of hydrogen-bond donors (Lipinski definition) is 1. The molecular formula is C27H34F3N3O4S. The van der Waals surface area contributed by atoms with Crippen LogP contribution in [0, 0.1) is 6.92 Å². The number of aryl methyl sites for hydroxylation is 1. The molecule has 2 aromatic rings. The lowest BCUT2D eigenvalue weighted by molar-refractivity contribution is -0.140. The average molecular weight is 554 g/mol. The molecule has 0 spiro atoms. The predicted molar refractivity (Wildman–Crippen MR) is 140 cm³/mol. The zero-order chi connectivity index (χ0) is 28.1. The Balaban J connectivity index is 1.95. The minimum Gasteiger partial charge on any atom is -0.352 e. The summed E-state index contributed by atoms with van der Waals surface area (Å²) in [5.41, 5.74) is 0.375. The number of anilines is 1. The van der Waals surface area contributed by atoms with Crippen LogP contribution in [0.5, 0.6) is 0 Å². The molecule has 38 heavy (non-hydrogen) atoms. The first-order valence-corrected chi connectivity index (χ1v) is 14.4.